The maximum Gasteiger partial charge on any atom is 0.306 e. The fourth-order valence-corrected chi connectivity index (χ4v) is 4.44. The maximum atomic E-state index is 11.4. The van der Waals surface area contributed by atoms with Gasteiger partial charge in [0.05, 0.1) is 42.8 Å². The molecule has 1 aliphatic heterocycles. The number of rotatable bonds is 9. The highest BCUT2D eigenvalue weighted by Crippen LogP contribution is 2.29. The van der Waals surface area contributed by atoms with E-state index in [1.807, 2.05) is 0 Å². The monoisotopic (exact) mass is 324 g/mol. The molecule has 0 aliphatic carbocycles. The molecule has 7 nitrogen and oxygen atoms in total. The van der Waals surface area contributed by atoms with E-state index in [0.717, 1.165) is 0 Å². The van der Waals surface area contributed by atoms with E-state index in [4.69, 9.17) is 9.47 Å². The fraction of sp³-hybridized carbons (Fsp3) is 0.923. The average Bonchev–Trinajstić information content (AvgIpc) is 2.73. The third-order valence-electron chi connectivity index (χ3n) is 3.65. The summed E-state index contributed by atoms with van der Waals surface area (Å²) in [7, 11) is -1.60. The second kappa shape index (κ2) is 8.07. The molecule has 124 valence electrons. The van der Waals surface area contributed by atoms with Crippen LogP contribution >= 0.6 is 0 Å². The van der Waals surface area contributed by atoms with Crippen molar-refractivity contribution in [2.75, 3.05) is 31.8 Å². The van der Waals surface area contributed by atoms with E-state index >= 15 is 0 Å². The summed E-state index contributed by atoms with van der Waals surface area (Å²) in [6, 6.07) is 0. The lowest BCUT2D eigenvalue weighted by Crippen LogP contribution is -2.31. The number of ether oxygens (including phenoxy) is 2. The Morgan fingerprint density at radius 2 is 2.05 bits per heavy atom. The summed E-state index contributed by atoms with van der Waals surface area (Å²) in [5.41, 5.74) is 0. The summed E-state index contributed by atoms with van der Waals surface area (Å²) in [4.78, 5) is 11.3. The number of carboxylic acid groups (broad SMARTS) is 1. The molecular formula is C13H24O7S. The van der Waals surface area contributed by atoms with Crippen LogP contribution in [0.5, 0.6) is 0 Å². The predicted molar refractivity (Wildman–Crippen MR) is 75.8 cm³/mol. The van der Waals surface area contributed by atoms with Gasteiger partial charge in [-0.05, 0) is 25.7 Å². The quantitative estimate of drug-likeness (QED) is 0.610. The van der Waals surface area contributed by atoms with Crippen molar-refractivity contribution >= 4 is 15.8 Å². The van der Waals surface area contributed by atoms with Crippen molar-refractivity contribution in [3.8, 4) is 0 Å². The van der Waals surface area contributed by atoms with Crippen LogP contribution in [0.2, 0.25) is 0 Å². The summed E-state index contributed by atoms with van der Waals surface area (Å²) in [5, 5.41) is 19.1. The second-order valence-electron chi connectivity index (χ2n) is 5.60. The van der Waals surface area contributed by atoms with Crippen LogP contribution in [-0.2, 0) is 24.1 Å². The van der Waals surface area contributed by atoms with Gasteiger partial charge < -0.3 is 19.7 Å². The van der Waals surface area contributed by atoms with Crippen molar-refractivity contribution in [2.45, 2.75) is 32.0 Å². The molecule has 0 aromatic heterocycles. The van der Waals surface area contributed by atoms with Gasteiger partial charge in [0, 0.05) is 7.11 Å². The number of aliphatic carboxylic acids is 1. The van der Waals surface area contributed by atoms with Crippen LogP contribution in [0.3, 0.4) is 0 Å². The van der Waals surface area contributed by atoms with Crippen LogP contribution in [0.25, 0.3) is 0 Å². The van der Waals surface area contributed by atoms with E-state index in [0.29, 0.717) is 13.0 Å². The van der Waals surface area contributed by atoms with Crippen LogP contribution in [0, 0.1) is 11.8 Å². The number of carbonyl (C=O) groups is 1. The summed E-state index contributed by atoms with van der Waals surface area (Å²) in [5.74, 6) is -2.45. The first-order valence-corrected chi connectivity index (χ1v) is 8.79. The van der Waals surface area contributed by atoms with Crippen molar-refractivity contribution in [3.05, 3.63) is 0 Å². The molecule has 0 amide bonds. The van der Waals surface area contributed by atoms with E-state index in [2.05, 4.69) is 0 Å². The maximum absolute atomic E-state index is 11.4. The summed E-state index contributed by atoms with van der Waals surface area (Å²) in [6.45, 7) is 2.18. The molecule has 21 heavy (non-hydrogen) atoms. The molecule has 1 aliphatic rings. The molecule has 4 atom stereocenters. The number of carboxylic acids is 1. The van der Waals surface area contributed by atoms with Gasteiger partial charge in [0.25, 0.3) is 0 Å². The number of hydrogen-bond donors (Lipinski definition) is 2. The highest BCUT2D eigenvalue weighted by atomic mass is 32.2. The Morgan fingerprint density at radius 3 is 2.52 bits per heavy atom. The normalized spacial score (nSPS) is 25.4. The van der Waals surface area contributed by atoms with E-state index in [9.17, 15) is 23.4 Å². The minimum atomic E-state index is -3.14. The van der Waals surface area contributed by atoms with Gasteiger partial charge in [0.2, 0.25) is 0 Å². The molecule has 0 radical (unpaired) electrons. The van der Waals surface area contributed by atoms with Crippen LogP contribution in [-0.4, -0.2) is 68.6 Å². The number of aliphatic hydroxyl groups is 1. The Kier molecular flexibility index (Phi) is 7.05. The molecule has 0 bridgehead atoms. The van der Waals surface area contributed by atoms with Gasteiger partial charge in [-0.2, -0.15) is 0 Å². The summed E-state index contributed by atoms with van der Waals surface area (Å²) >= 11 is 0. The number of methoxy groups -OCH3 is 1. The van der Waals surface area contributed by atoms with E-state index in [1.165, 1.54) is 7.11 Å². The molecule has 0 saturated carbocycles. The highest BCUT2D eigenvalue weighted by molar-refractivity contribution is 7.91. The van der Waals surface area contributed by atoms with E-state index in [1.54, 1.807) is 6.92 Å². The minimum Gasteiger partial charge on any atom is -0.481 e. The zero-order chi connectivity index (χ0) is 16.0. The lowest BCUT2D eigenvalue weighted by Gasteiger charge is -2.22. The smallest absolute Gasteiger partial charge is 0.306 e. The number of sulfone groups is 1. The lowest BCUT2D eigenvalue weighted by molar-refractivity contribution is -0.145. The molecular weight excluding hydrogens is 300 g/mol. The Morgan fingerprint density at radius 1 is 1.38 bits per heavy atom. The molecule has 4 unspecified atom stereocenters. The van der Waals surface area contributed by atoms with Gasteiger partial charge in [-0.3, -0.25) is 4.79 Å². The molecule has 1 rings (SSSR count). The Labute approximate surface area is 125 Å². The summed E-state index contributed by atoms with van der Waals surface area (Å²) < 4.78 is 33.1. The van der Waals surface area contributed by atoms with Crippen LogP contribution in [0.1, 0.15) is 19.8 Å². The molecule has 0 spiro atoms. The SMILES string of the molecule is COCC(C)OCC(O)CC(C(=O)O)C1CCS(=O)(=O)C1. The average molecular weight is 324 g/mol. The predicted octanol–water partition coefficient (Wildman–Crippen LogP) is -0.0756. The Hall–Kier alpha value is -0.700. The largest absolute Gasteiger partial charge is 0.481 e. The first-order valence-electron chi connectivity index (χ1n) is 6.97. The molecule has 2 N–H and O–H groups in total. The topological polar surface area (TPSA) is 110 Å². The van der Waals surface area contributed by atoms with Crippen molar-refractivity contribution < 1.29 is 32.9 Å². The first-order chi connectivity index (χ1) is 9.75. The van der Waals surface area contributed by atoms with Gasteiger partial charge in [-0.25, -0.2) is 8.42 Å². The van der Waals surface area contributed by atoms with Crippen molar-refractivity contribution in [1.29, 1.82) is 0 Å². The molecule has 1 saturated heterocycles. The Balaban J connectivity index is 2.49. The van der Waals surface area contributed by atoms with Gasteiger partial charge in [-0.15, -0.1) is 0 Å². The highest BCUT2D eigenvalue weighted by Gasteiger charge is 2.38. The van der Waals surface area contributed by atoms with Gasteiger partial charge in [0.15, 0.2) is 9.84 Å². The third-order valence-corrected chi connectivity index (χ3v) is 5.45. The second-order valence-corrected chi connectivity index (χ2v) is 7.83. The van der Waals surface area contributed by atoms with Gasteiger partial charge in [0.1, 0.15) is 0 Å². The van der Waals surface area contributed by atoms with Crippen LogP contribution in [0.15, 0.2) is 0 Å². The van der Waals surface area contributed by atoms with Crippen LogP contribution in [0.4, 0.5) is 0 Å². The zero-order valence-electron chi connectivity index (χ0n) is 12.4. The number of aliphatic hydroxyl groups excluding tert-OH is 1. The van der Waals surface area contributed by atoms with Crippen molar-refractivity contribution in [1.82, 2.24) is 0 Å². The van der Waals surface area contributed by atoms with E-state index in [-0.39, 0.29) is 30.6 Å². The lowest BCUT2D eigenvalue weighted by atomic mass is 9.87. The zero-order valence-corrected chi connectivity index (χ0v) is 13.2. The molecule has 0 aromatic rings. The molecule has 1 heterocycles. The first kappa shape index (κ1) is 18.3. The van der Waals surface area contributed by atoms with Crippen molar-refractivity contribution in [2.24, 2.45) is 11.8 Å². The third kappa shape index (κ3) is 6.29. The molecule has 1 fully saturated rings. The standard InChI is InChI=1S/C13H24O7S/c1-9(6-19-2)20-7-11(14)5-12(13(15)16)10-3-4-21(17,18)8-10/h9-12,14H,3-8H2,1-2H3,(H,15,16). The van der Waals surface area contributed by atoms with E-state index < -0.39 is 33.7 Å². The summed E-state index contributed by atoms with van der Waals surface area (Å²) in [6.07, 6.45) is -0.796. The Bertz CT molecular complexity index is 434. The van der Waals surface area contributed by atoms with Gasteiger partial charge >= 0.3 is 5.97 Å². The number of hydrogen-bond acceptors (Lipinski definition) is 6. The van der Waals surface area contributed by atoms with Crippen molar-refractivity contribution in [3.63, 3.8) is 0 Å². The van der Waals surface area contributed by atoms with Crippen LogP contribution < -0.4 is 0 Å². The molecule has 0 aromatic carbocycles. The minimum absolute atomic E-state index is 0.00474. The van der Waals surface area contributed by atoms with Gasteiger partial charge in [-0.1, -0.05) is 0 Å². The fourth-order valence-electron chi connectivity index (χ4n) is 2.56. The molecule has 8 heteroatoms.